The summed E-state index contributed by atoms with van der Waals surface area (Å²) in [6.07, 6.45) is 1.33. The second-order valence-corrected chi connectivity index (χ2v) is 7.75. The lowest BCUT2D eigenvalue weighted by molar-refractivity contribution is -0.132. The van der Waals surface area contributed by atoms with E-state index in [4.69, 9.17) is 4.74 Å². The number of rotatable bonds is 5. The van der Waals surface area contributed by atoms with Gasteiger partial charge in [-0.15, -0.1) is 0 Å². The van der Waals surface area contributed by atoms with Gasteiger partial charge in [-0.3, -0.25) is 9.59 Å². The fourth-order valence-electron chi connectivity index (χ4n) is 3.45. The number of likely N-dealkylation sites (tertiary alicyclic amines) is 1. The molecule has 148 valence electrons. The predicted octanol–water partition coefficient (Wildman–Crippen LogP) is 3.56. The molecule has 3 rings (SSSR count). The fourth-order valence-corrected chi connectivity index (χ4v) is 3.45. The number of hydrogen-bond donors (Lipinski definition) is 1. The Morgan fingerprint density at radius 1 is 1.04 bits per heavy atom. The standard InChI is InChI=1S/C23H28N2O3/c1-17-4-8-19(9-5-17)21(26)25-14-12-23(2,13-15-25)22(27)24-16-18-6-10-20(28-3)11-7-18/h4-11H,12-16H2,1-3H3,(H,24,27). The minimum atomic E-state index is -0.448. The summed E-state index contributed by atoms with van der Waals surface area (Å²) in [6, 6.07) is 15.3. The molecule has 0 aromatic heterocycles. The Morgan fingerprint density at radius 3 is 2.21 bits per heavy atom. The van der Waals surface area contributed by atoms with Crippen LogP contribution in [0.4, 0.5) is 0 Å². The number of aryl methyl sites for hydroxylation is 1. The van der Waals surface area contributed by atoms with E-state index in [-0.39, 0.29) is 11.8 Å². The summed E-state index contributed by atoms with van der Waals surface area (Å²) in [6.45, 7) is 5.68. The number of hydrogen-bond acceptors (Lipinski definition) is 3. The number of carbonyl (C=O) groups excluding carboxylic acids is 2. The van der Waals surface area contributed by atoms with Gasteiger partial charge in [-0.25, -0.2) is 0 Å². The second-order valence-electron chi connectivity index (χ2n) is 7.75. The number of amides is 2. The Morgan fingerprint density at radius 2 is 1.64 bits per heavy atom. The Bertz CT molecular complexity index is 820. The molecule has 1 saturated heterocycles. The van der Waals surface area contributed by atoms with Crippen molar-refractivity contribution in [2.75, 3.05) is 20.2 Å². The number of piperidine rings is 1. The van der Waals surface area contributed by atoms with Crippen LogP contribution in [0.2, 0.25) is 0 Å². The van der Waals surface area contributed by atoms with Crippen LogP contribution in [0.25, 0.3) is 0 Å². The zero-order chi connectivity index (χ0) is 20.1. The highest BCUT2D eigenvalue weighted by Crippen LogP contribution is 2.32. The minimum absolute atomic E-state index is 0.0423. The maximum Gasteiger partial charge on any atom is 0.253 e. The molecule has 28 heavy (non-hydrogen) atoms. The summed E-state index contributed by atoms with van der Waals surface area (Å²) < 4.78 is 5.15. The molecule has 0 unspecified atom stereocenters. The average molecular weight is 380 g/mol. The Balaban J connectivity index is 1.53. The molecular weight excluding hydrogens is 352 g/mol. The largest absolute Gasteiger partial charge is 0.497 e. The zero-order valence-electron chi connectivity index (χ0n) is 16.8. The number of ether oxygens (including phenoxy) is 1. The van der Waals surface area contributed by atoms with E-state index in [0.717, 1.165) is 16.9 Å². The highest BCUT2D eigenvalue weighted by atomic mass is 16.5. The van der Waals surface area contributed by atoms with Gasteiger partial charge in [-0.05, 0) is 49.6 Å². The van der Waals surface area contributed by atoms with Crippen LogP contribution in [0.15, 0.2) is 48.5 Å². The Hall–Kier alpha value is -2.82. The fraction of sp³-hybridized carbons (Fsp3) is 0.391. The molecule has 1 N–H and O–H groups in total. The van der Waals surface area contributed by atoms with Gasteiger partial charge < -0.3 is 15.0 Å². The molecule has 0 atom stereocenters. The molecular formula is C23H28N2O3. The molecule has 1 fully saturated rings. The van der Waals surface area contributed by atoms with Gasteiger partial charge in [0.2, 0.25) is 5.91 Å². The number of carbonyl (C=O) groups is 2. The molecule has 1 aliphatic heterocycles. The highest BCUT2D eigenvalue weighted by Gasteiger charge is 2.38. The normalized spacial score (nSPS) is 15.8. The van der Waals surface area contributed by atoms with Crippen LogP contribution in [-0.4, -0.2) is 36.9 Å². The molecule has 0 radical (unpaired) electrons. The number of nitrogens with one attached hydrogen (secondary N) is 1. The van der Waals surface area contributed by atoms with Crippen LogP contribution >= 0.6 is 0 Å². The van der Waals surface area contributed by atoms with Gasteiger partial charge in [-0.1, -0.05) is 36.8 Å². The number of benzene rings is 2. The van der Waals surface area contributed by atoms with E-state index in [1.54, 1.807) is 7.11 Å². The topological polar surface area (TPSA) is 58.6 Å². The van der Waals surface area contributed by atoms with E-state index < -0.39 is 5.41 Å². The predicted molar refractivity (Wildman–Crippen MR) is 109 cm³/mol. The first-order valence-corrected chi connectivity index (χ1v) is 9.68. The van der Waals surface area contributed by atoms with Gasteiger partial charge in [-0.2, -0.15) is 0 Å². The molecule has 0 spiro atoms. The molecule has 1 aliphatic rings. The first kappa shape index (κ1) is 19.9. The van der Waals surface area contributed by atoms with Crippen LogP contribution in [0.3, 0.4) is 0 Å². The van der Waals surface area contributed by atoms with Crippen molar-refractivity contribution in [3.63, 3.8) is 0 Å². The lowest BCUT2D eigenvalue weighted by Gasteiger charge is -2.38. The monoisotopic (exact) mass is 380 g/mol. The number of nitrogens with zero attached hydrogens (tertiary/aromatic N) is 1. The van der Waals surface area contributed by atoms with Crippen molar-refractivity contribution >= 4 is 11.8 Å². The smallest absolute Gasteiger partial charge is 0.253 e. The van der Waals surface area contributed by atoms with Crippen LogP contribution in [0.1, 0.15) is 41.3 Å². The van der Waals surface area contributed by atoms with Crippen molar-refractivity contribution in [1.29, 1.82) is 0 Å². The molecule has 5 nitrogen and oxygen atoms in total. The van der Waals surface area contributed by atoms with Crippen LogP contribution in [-0.2, 0) is 11.3 Å². The molecule has 2 aromatic carbocycles. The maximum absolute atomic E-state index is 12.8. The third-order valence-corrected chi connectivity index (χ3v) is 5.61. The maximum atomic E-state index is 12.8. The van der Waals surface area contributed by atoms with Crippen molar-refractivity contribution in [2.45, 2.75) is 33.2 Å². The summed E-state index contributed by atoms with van der Waals surface area (Å²) in [5.74, 6) is 0.888. The van der Waals surface area contributed by atoms with Crippen molar-refractivity contribution in [3.05, 3.63) is 65.2 Å². The first-order valence-electron chi connectivity index (χ1n) is 9.68. The van der Waals surface area contributed by atoms with E-state index >= 15 is 0 Å². The Labute approximate surface area is 166 Å². The summed E-state index contributed by atoms with van der Waals surface area (Å²) in [5, 5.41) is 3.05. The van der Waals surface area contributed by atoms with Crippen LogP contribution in [0, 0.1) is 12.3 Å². The third kappa shape index (κ3) is 4.53. The van der Waals surface area contributed by atoms with Gasteiger partial charge in [0.05, 0.1) is 7.11 Å². The second kappa shape index (κ2) is 8.46. The molecule has 1 heterocycles. The molecule has 0 aliphatic carbocycles. The van der Waals surface area contributed by atoms with Gasteiger partial charge in [0, 0.05) is 30.6 Å². The highest BCUT2D eigenvalue weighted by molar-refractivity contribution is 5.94. The average Bonchev–Trinajstić information content (AvgIpc) is 2.73. The van der Waals surface area contributed by atoms with Gasteiger partial charge >= 0.3 is 0 Å². The quantitative estimate of drug-likeness (QED) is 0.863. The van der Waals surface area contributed by atoms with Crippen molar-refractivity contribution in [1.82, 2.24) is 10.2 Å². The lowest BCUT2D eigenvalue weighted by Crippen LogP contribution is -2.48. The summed E-state index contributed by atoms with van der Waals surface area (Å²) in [5.41, 5.74) is 2.43. The summed E-state index contributed by atoms with van der Waals surface area (Å²) in [4.78, 5) is 27.3. The van der Waals surface area contributed by atoms with Crippen molar-refractivity contribution in [3.8, 4) is 5.75 Å². The van der Waals surface area contributed by atoms with Crippen molar-refractivity contribution in [2.24, 2.45) is 5.41 Å². The van der Waals surface area contributed by atoms with Gasteiger partial charge in [0.1, 0.15) is 5.75 Å². The van der Waals surface area contributed by atoms with E-state index in [1.807, 2.05) is 67.3 Å². The molecule has 0 bridgehead atoms. The molecule has 2 amide bonds. The van der Waals surface area contributed by atoms with Crippen LogP contribution in [0.5, 0.6) is 5.75 Å². The van der Waals surface area contributed by atoms with Gasteiger partial charge in [0.15, 0.2) is 0 Å². The van der Waals surface area contributed by atoms with Gasteiger partial charge in [0.25, 0.3) is 5.91 Å². The first-order chi connectivity index (χ1) is 13.4. The summed E-state index contributed by atoms with van der Waals surface area (Å²) >= 11 is 0. The van der Waals surface area contributed by atoms with E-state index in [2.05, 4.69) is 5.32 Å². The number of methoxy groups -OCH3 is 1. The molecule has 2 aromatic rings. The van der Waals surface area contributed by atoms with E-state index in [9.17, 15) is 9.59 Å². The van der Waals surface area contributed by atoms with Crippen molar-refractivity contribution < 1.29 is 14.3 Å². The Kier molecular flexibility index (Phi) is 6.02. The van der Waals surface area contributed by atoms with E-state index in [1.165, 1.54) is 0 Å². The molecule has 0 saturated carbocycles. The zero-order valence-corrected chi connectivity index (χ0v) is 16.8. The lowest BCUT2D eigenvalue weighted by atomic mass is 9.79. The third-order valence-electron chi connectivity index (χ3n) is 5.61. The SMILES string of the molecule is COc1ccc(CNC(=O)C2(C)CCN(C(=O)c3ccc(C)cc3)CC2)cc1. The minimum Gasteiger partial charge on any atom is -0.497 e. The summed E-state index contributed by atoms with van der Waals surface area (Å²) in [7, 11) is 1.63. The van der Waals surface area contributed by atoms with E-state index in [0.29, 0.717) is 38.0 Å². The molecule has 5 heteroatoms. The van der Waals surface area contributed by atoms with Crippen LogP contribution < -0.4 is 10.1 Å².